The first-order chi connectivity index (χ1) is 8.14. The second-order valence-electron chi connectivity index (χ2n) is 5.90. The molecule has 3 atom stereocenters. The molecule has 17 heavy (non-hydrogen) atoms. The highest BCUT2D eigenvalue weighted by Crippen LogP contribution is 2.60. The molecule has 3 unspecified atom stereocenters. The van der Waals surface area contributed by atoms with Crippen LogP contribution in [0.2, 0.25) is 0 Å². The van der Waals surface area contributed by atoms with Crippen LogP contribution < -0.4 is 0 Å². The van der Waals surface area contributed by atoms with E-state index in [0.717, 1.165) is 45.2 Å². The summed E-state index contributed by atoms with van der Waals surface area (Å²) in [5.41, 5.74) is -0.703. The van der Waals surface area contributed by atoms with Crippen molar-refractivity contribution in [2.24, 2.45) is 11.3 Å². The molecule has 3 heteroatoms. The topological polar surface area (TPSA) is 40.5 Å². The lowest BCUT2D eigenvalue weighted by molar-refractivity contribution is -0.157. The summed E-state index contributed by atoms with van der Waals surface area (Å²) in [7, 11) is 0. The van der Waals surface area contributed by atoms with Crippen molar-refractivity contribution >= 4 is 5.97 Å². The number of nitrogens with zero attached hydrogens (tertiary/aromatic N) is 1. The average Bonchev–Trinajstić information content (AvgIpc) is 3.03. The van der Waals surface area contributed by atoms with Crippen LogP contribution in [0.4, 0.5) is 0 Å². The number of hydrogen-bond acceptors (Lipinski definition) is 2. The van der Waals surface area contributed by atoms with E-state index >= 15 is 0 Å². The summed E-state index contributed by atoms with van der Waals surface area (Å²) < 4.78 is 0. The van der Waals surface area contributed by atoms with Gasteiger partial charge in [0.15, 0.2) is 0 Å². The summed E-state index contributed by atoms with van der Waals surface area (Å²) in [6, 6.07) is 0. The minimum atomic E-state index is -0.600. The fourth-order valence-corrected chi connectivity index (χ4v) is 4.49. The number of rotatable bonds is 3. The molecule has 3 rings (SSSR count). The Labute approximate surface area is 102 Å². The first-order valence-electron chi connectivity index (χ1n) is 6.82. The van der Waals surface area contributed by atoms with Crippen LogP contribution in [0.1, 0.15) is 39.0 Å². The molecule has 1 heterocycles. The number of aliphatic carboxylic acids is 1. The summed E-state index contributed by atoms with van der Waals surface area (Å²) in [6.07, 6.45) is 9.60. The molecule has 0 aromatic heterocycles. The van der Waals surface area contributed by atoms with E-state index < -0.39 is 11.5 Å². The molecule has 2 bridgehead atoms. The van der Waals surface area contributed by atoms with Crippen LogP contribution >= 0.6 is 0 Å². The Hall–Kier alpha value is -0.830. The number of fused-ring (bicyclic) bond motifs is 2. The van der Waals surface area contributed by atoms with Gasteiger partial charge in [0.25, 0.3) is 0 Å². The number of carboxylic acids is 1. The molecule has 3 nitrogen and oxygen atoms in total. The standard InChI is InChI=1S/C14H21NO2/c1-2-13-6-5-11(9-13)10-14(13,12(16)17)15-7-3-4-8-15/h5-6,11H,2-4,7-10H2,1H3,(H,16,17). The van der Waals surface area contributed by atoms with Crippen molar-refractivity contribution in [2.45, 2.75) is 44.6 Å². The Kier molecular flexibility index (Phi) is 2.37. The van der Waals surface area contributed by atoms with Crippen LogP contribution in [0.3, 0.4) is 0 Å². The van der Waals surface area contributed by atoms with E-state index in [0.29, 0.717) is 5.92 Å². The van der Waals surface area contributed by atoms with Crippen LogP contribution in [0.15, 0.2) is 12.2 Å². The van der Waals surface area contributed by atoms with Crippen molar-refractivity contribution in [2.75, 3.05) is 13.1 Å². The lowest BCUT2D eigenvalue weighted by atomic mass is 9.68. The zero-order valence-corrected chi connectivity index (χ0v) is 10.5. The van der Waals surface area contributed by atoms with Gasteiger partial charge in [0, 0.05) is 5.41 Å². The minimum Gasteiger partial charge on any atom is -0.480 e. The Balaban J connectivity index is 2.06. The molecule has 94 valence electrons. The third kappa shape index (κ3) is 1.23. The van der Waals surface area contributed by atoms with Crippen molar-refractivity contribution < 1.29 is 9.90 Å². The molecule has 1 N–H and O–H groups in total. The average molecular weight is 235 g/mol. The molecule has 2 aliphatic carbocycles. The van der Waals surface area contributed by atoms with E-state index in [1.165, 1.54) is 0 Å². The van der Waals surface area contributed by atoms with E-state index in [2.05, 4.69) is 24.0 Å². The summed E-state index contributed by atoms with van der Waals surface area (Å²) >= 11 is 0. The zero-order valence-electron chi connectivity index (χ0n) is 10.5. The van der Waals surface area contributed by atoms with E-state index in [1.54, 1.807) is 0 Å². The monoisotopic (exact) mass is 235 g/mol. The lowest BCUT2D eigenvalue weighted by Gasteiger charge is -2.47. The van der Waals surface area contributed by atoms with Crippen molar-refractivity contribution in [3.8, 4) is 0 Å². The third-order valence-electron chi connectivity index (χ3n) is 5.33. The number of carboxylic acid groups (broad SMARTS) is 1. The van der Waals surface area contributed by atoms with Crippen LogP contribution in [-0.2, 0) is 4.79 Å². The van der Waals surface area contributed by atoms with Gasteiger partial charge in [-0.25, -0.2) is 0 Å². The highest BCUT2D eigenvalue weighted by atomic mass is 16.4. The van der Waals surface area contributed by atoms with E-state index in [9.17, 15) is 9.90 Å². The van der Waals surface area contributed by atoms with Gasteiger partial charge in [0.2, 0.25) is 0 Å². The van der Waals surface area contributed by atoms with Gasteiger partial charge >= 0.3 is 5.97 Å². The van der Waals surface area contributed by atoms with Crippen LogP contribution in [-0.4, -0.2) is 34.6 Å². The van der Waals surface area contributed by atoms with Crippen molar-refractivity contribution in [1.82, 2.24) is 4.90 Å². The molecule has 3 aliphatic rings. The SMILES string of the molecule is CCC12C=CC(C1)CC2(C(=O)O)N1CCCC1. The Morgan fingerprint density at radius 1 is 1.41 bits per heavy atom. The predicted octanol–water partition coefficient (Wildman–Crippen LogP) is 2.28. The van der Waals surface area contributed by atoms with Gasteiger partial charge in [0.1, 0.15) is 5.54 Å². The highest BCUT2D eigenvalue weighted by Gasteiger charge is 2.65. The number of carbonyl (C=O) groups is 1. The van der Waals surface area contributed by atoms with Gasteiger partial charge in [-0.05, 0) is 51.1 Å². The molecule has 0 radical (unpaired) electrons. The summed E-state index contributed by atoms with van der Waals surface area (Å²) in [6.45, 7) is 4.08. The number of likely N-dealkylation sites (tertiary alicyclic amines) is 1. The first kappa shape index (κ1) is 11.3. The van der Waals surface area contributed by atoms with Gasteiger partial charge in [-0.3, -0.25) is 9.69 Å². The van der Waals surface area contributed by atoms with Gasteiger partial charge in [-0.2, -0.15) is 0 Å². The molecule has 1 aliphatic heterocycles. The predicted molar refractivity (Wildman–Crippen MR) is 65.8 cm³/mol. The van der Waals surface area contributed by atoms with Crippen LogP contribution in [0, 0.1) is 11.3 Å². The highest BCUT2D eigenvalue weighted by molar-refractivity contribution is 5.82. The molecule has 1 saturated carbocycles. The van der Waals surface area contributed by atoms with Gasteiger partial charge < -0.3 is 5.11 Å². The lowest BCUT2D eigenvalue weighted by Crippen LogP contribution is -2.61. The molecule has 0 amide bonds. The van der Waals surface area contributed by atoms with Crippen LogP contribution in [0.25, 0.3) is 0 Å². The molecule has 0 aromatic rings. The summed E-state index contributed by atoms with van der Waals surface area (Å²) in [4.78, 5) is 14.3. The minimum absolute atomic E-state index is 0.103. The van der Waals surface area contributed by atoms with Crippen molar-refractivity contribution in [3.63, 3.8) is 0 Å². The summed E-state index contributed by atoms with van der Waals surface area (Å²) in [5.74, 6) is -0.0975. The maximum absolute atomic E-state index is 12.0. The van der Waals surface area contributed by atoms with Gasteiger partial charge in [0.05, 0.1) is 0 Å². The second-order valence-corrected chi connectivity index (χ2v) is 5.90. The Morgan fingerprint density at radius 3 is 2.65 bits per heavy atom. The molecule has 2 fully saturated rings. The largest absolute Gasteiger partial charge is 0.480 e. The van der Waals surface area contributed by atoms with Crippen molar-refractivity contribution in [3.05, 3.63) is 12.2 Å². The fourth-order valence-electron chi connectivity index (χ4n) is 4.49. The smallest absolute Gasteiger partial charge is 0.325 e. The molecule has 0 aromatic carbocycles. The number of hydrogen-bond donors (Lipinski definition) is 1. The van der Waals surface area contributed by atoms with Crippen LogP contribution in [0.5, 0.6) is 0 Å². The third-order valence-corrected chi connectivity index (χ3v) is 5.33. The molecular weight excluding hydrogens is 214 g/mol. The fraction of sp³-hybridized carbons (Fsp3) is 0.786. The van der Waals surface area contributed by atoms with E-state index in [4.69, 9.17) is 0 Å². The van der Waals surface area contributed by atoms with Gasteiger partial charge in [-0.15, -0.1) is 0 Å². The zero-order chi connectivity index (χ0) is 12.1. The molecular formula is C14H21NO2. The molecule has 1 saturated heterocycles. The molecule has 0 spiro atoms. The van der Waals surface area contributed by atoms with E-state index in [1.807, 2.05) is 0 Å². The maximum Gasteiger partial charge on any atom is 0.325 e. The Bertz CT molecular complexity index is 372. The second kappa shape index (κ2) is 3.58. The first-order valence-corrected chi connectivity index (χ1v) is 6.82. The van der Waals surface area contributed by atoms with E-state index in [-0.39, 0.29) is 5.41 Å². The normalized spacial score (nSPS) is 44.6. The maximum atomic E-state index is 12.0. The van der Waals surface area contributed by atoms with Gasteiger partial charge in [-0.1, -0.05) is 19.1 Å². The van der Waals surface area contributed by atoms with Crippen molar-refractivity contribution in [1.29, 1.82) is 0 Å². The number of allylic oxidation sites excluding steroid dienone is 1. The quantitative estimate of drug-likeness (QED) is 0.763. The Morgan fingerprint density at radius 2 is 2.12 bits per heavy atom. The summed E-state index contributed by atoms with van der Waals surface area (Å²) in [5, 5.41) is 9.87.